The van der Waals surface area contributed by atoms with E-state index in [1.807, 2.05) is 6.07 Å². The second kappa shape index (κ2) is 4.53. The van der Waals surface area contributed by atoms with Crippen molar-refractivity contribution in [3.05, 3.63) is 33.2 Å². The van der Waals surface area contributed by atoms with Crippen molar-refractivity contribution in [1.82, 2.24) is 10.2 Å². The van der Waals surface area contributed by atoms with Crippen molar-refractivity contribution in [3.63, 3.8) is 0 Å². The SMILES string of the molecule is Cc1nnc(COC(=O)c2cc3c(s2)CCC3)o1. The number of esters is 1. The zero-order valence-electron chi connectivity index (χ0n) is 9.93. The van der Waals surface area contributed by atoms with Gasteiger partial charge in [-0.3, -0.25) is 0 Å². The first-order chi connectivity index (χ1) is 8.72. The molecule has 0 unspecified atom stereocenters. The van der Waals surface area contributed by atoms with E-state index >= 15 is 0 Å². The second-order valence-electron chi connectivity index (χ2n) is 4.20. The Labute approximate surface area is 108 Å². The highest BCUT2D eigenvalue weighted by molar-refractivity contribution is 7.14. The van der Waals surface area contributed by atoms with E-state index in [1.54, 1.807) is 6.92 Å². The summed E-state index contributed by atoms with van der Waals surface area (Å²) in [5.41, 5.74) is 1.29. The molecule has 2 aromatic heterocycles. The molecule has 0 aromatic carbocycles. The largest absolute Gasteiger partial charge is 0.451 e. The third-order valence-corrected chi connectivity index (χ3v) is 4.06. The number of fused-ring (bicyclic) bond motifs is 1. The highest BCUT2D eigenvalue weighted by Crippen LogP contribution is 2.30. The van der Waals surface area contributed by atoms with Crippen LogP contribution in [0.4, 0.5) is 0 Å². The van der Waals surface area contributed by atoms with Crippen LogP contribution < -0.4 is 0 Å². The third kappa shape index (κ3) is 2.15. The fourth-order valence-electron chi connectivity index (χ4n) is 2.02. The molecule has 0 atom stereocenters. The third-order valence-electron chi connectivity index (χ3n) is 2.84. The normalized spacial score (nSPS) is 13.6. The van der Waals surface area contributed by atoms with E-state index in [0.29, 0.717) is 16.7 Å². The van der Waals surface area contributed by atoms with Crippen molar-refractivity contribution >= 4 is 17.3 Å². The van der Waals surface area contributed by atoms with Crippen LogP contribution in [0.3, 0.4) is 0 Å². The van der Waals surface area contributed by atoms with Gasteiger partial charge in [-0.1, -0.05) is 0 Å². The Morgan fingerprint density at radius 1 is 1.50 bits per heavy atom. The van der Waals surface area contributed by atoms with Gasteiger partial charge in [0, 0.05) is 11.8 Å². The van der Waals surface area contributed by atoms with Crippen LogP contribution in [-0.2, 0) is 24.2 Å². The van der Waals surface area contributed by atoms with Crippen molar-refractivity contribution in [3.8, 4) is 0 Å². The molecule has 2 aromatic rings. The minimum Gasteiger partial charge on any atom is -0.451 e. The highest BCUT2D eigenvalue weighted by Gasteiger charge is 2.19. The Morgan fingerprint density at radius 3 is 3.11 bits per heavy atom. The molecular formula is C12H12N2O3S. The van der Waals surface area contributed by atoms with Crippen molar-refractivity contribution in [2.75, 3.05) is 0 Å². The Bertz CT molecular complexity index is 566. The van der Waals surface area contributed by atoms with E-state index in [1.165, 1.54) is 28.2 Å². The van der Waals surface area contributed by atoms with E-state index < -0.39 is 0 Å². The number of thiophene rings is 1. The molecule has 0 N–H and O–H groups in total. The number of carbonyl (C=O) groups excluding carboxylic acids is 1. The fourth-order valence-corrected chi connectivity index (χ4v) is 3.17. The van der Waals surface area contributed by atoms with Crippen molar-refractivity contribution in [2.45, 2.75) is 32.8 Å². The van der Waals surface area contributed by atoms with E-state index in [9.17, 15) is 4.79 Å². The predicted octanol–water partition coefficient (Wildman–Crippen LogP) is 2.29. The molecule has 1 aliphatic rings. The number of hydrogen-bond acceptors (Lipinski definition) is 6. The lowest BCUT2D eigenvalue weighted by molar-refractivity contribution is 0.0442. The predicted molar refractivity (Wildman–Crippen MR) is 64.5 cm³/mol. The summed E-state index contributed by atoms with van der Waals surface area (Å²) in [6, 6.07) is 1.94. The summed E-state index contributed by atoms with van der Waals surface area (Å²) in [5, 5.41) is 7.44. The molecule has 0 amide bonds. The van der Waals surface area contributed by atoms with Gasteiger partial charge in [0.05, 0.1) is 0 Å². The van der Waals surface area contributed by atoms with Crippen LogP contribution in [0.25, 0.3) is 0 Å². The van der Waals surface area contributed by atoms with Crippen LogP contribution in [0.5, 0.6) is 0 Å². The molecule has 94 valence electrons. The lowest BCUT2D eigenvalue weighted by Crippen LogP contribution is -2.03. The van der Waals surface area contributed by atoms with Gasteiger partial charge in [0.25, 0.3) is 5.89 Å². The smallest absolute Gasteiger partial charge is 0.348 e. The highest BCUT2D eigenvalue weighted by atomic mass is 32.1. The zero-order chi connectivity index (χ0) is 12.5. The molecule has 0 saturated carbocycles. The number of aryl methyl sites for hydroxylation is 3. The molecule has 6 heteroatoms. The van der Waals surface area contributed by atoms with Gasteiger partial charge in [0.1, 0.15) is 4.88 Å². The first kappa shape index (κ1) is 11.4. The van der Waals surface area contributed by atoms with Crippen LogP contribution in [0, 0.1) is 6.92 Å². The van der Waals surface area contributed by atoms with Crippen LogP contribution in [0.1, 0.15) is 38.3 Å². The maximum absolute atomic E-state index is 11.8. The van der Waals surface area contributed by atoms with Gasteiger partial charge in [-0.25, -0.2) is 4.79 Å². The average molecular weight is 264 g/mol. The molecular weight excluding hydrogens is 252 g/mol. The van der Waals surface area contributed by atoms with Crippen LogP contribution in [0.2, 0.25) is 0 Å². The number of rotatable bonds is 3. The quantitative estimate of drug-likeness (QED) is 0.796. The van der Waals surface area contributed by atoms with Gasteiger partial charge in [-0.05, 0) is 30.9 Å². The van der Waals surface area contributed by atoms with E-state index in [4.69, 9.17) is 9.15 Å². The molecule has 0 bridgehead atoms. The summed E-state index contributed by atoms with van der Waals surface area (Å²) >= 11 is 1.53. The topological polar surface area (TPSA) is 65.2 Å². The summed E-state index contributed by atoms with van der Waals surface area (Å²) in [4.78, 5) is 13.8. The van der Waals surface area contributed by atoms with Crippen LogP contribution >= 0.6 is 11.3 Å². The summed E-state index contributed by atoms with van der Waals surface area (Å²) in [5.74, 6) is 0.478. The summed E-state index contributed by atoms with van der Waals surface area (Å²) in [6.07, 6.45) is 3.34. The monoisotopic (exact) mass is 264 g/mol. The van der Waals surface area contributed by atoms with Gasteiger partial charge >= 0.3 is 5.97 Å². The molecule has 0 radical (unpaired) electrons. The number of hydrogen-bond donors (Lipinski definition) is 0. The lowest BCUT2D eigenvalue weighted by atomic mass is 10.2. The van der Waals surface area contributed by atoms with Gasteiger partial charge in [-0.2, -0.15) is 0 Å². The summed E-state index contributed by atoms with van der Waals surface area (Å²) < 4.78 is 10.3. The lowest BCUT2D eigenvalue weighted by Gasteiger charge is -1.98. The molecule has 5 nitrogen and oxygen atoms in total. The minimum absolute atomic E-state index is 0.0300. The summed E-state index contributed by atoms with van der Waals surface area (Å²) in [7, 11) is 0. The number of carbonyl (C=O) groups is 1. The molecule has 18 heavy (non-hydrogen) atoms. The molecule has 0 spiro atoms. The van der Waals surface area contributed by atoms with Crippen LogP contribution in [0.15, 0.2) is 10.5 Å². The molecule has 0 saturated heterocycles. The van der Waals surface area contributed by atoms with E-state index in [2.05, 4.69) is 10.2 Å². The molecule has 0 aliphatic heterocycles. The molecule has 3 rings (SSSR count). The van der Waals surface area contributed by atoms with Gasteiger partial charge in [0.2, 0.25) is 5.89 Å². The average Bonchev–Trinajstić information content (AvgIpc) is 3.00. The Hall–Kier alpha value is -1.69. The van der Waals surface area contributed by atoms with Crippen molar-refractivity contribution in [1.29, 1.82) is 0 Å². The Kier molecular flexibility index (Phi) is 2.87. The molecule has 0 fully saturated rings. The van der Waals surface area contributed by atoms with E-state index in [-0.39, 0.29) is 12.6 Å². The number of aromatic nitrogens is 2. The Balaban J connectivity index is 1.64. The summed E-state index contributed by atoms with van der Waals surface area (Å²) in [6.45, 7) is 1.73. The maximum Gasteiger partial charge on any atom is 0.348 e. The fraction of sp³-hybridized carbons (Fsp3) is 0.417. The standard InChI is InChI=1S/C12H12N2O3S/c1-7-13-14-11(17-7)6-16-12(15)10-5-8-3-2-4-9(8)18-10/h5H,2-4,6H2,1H3. The molecule has 1 aliphatic carbocycles. The number of ether oxygens (including phenoxy) is 1. The van der Waals surface area contributed by atoms with E-state index in [0.717, 1.165) is 12.8 Å². The first-order valence-corrected chi connectivity index (χ1v) is 6.62. The number of nitrogens with zero attached hydrogens (tertiary/aromatic N) is 2. The van der Waals surface area contributed by atoms with Gasteiger partial charge in [0.15, 0.2) is 6.61 Å². The first-order valence-electron chi connectivity index (χ1n) is 5.80. The maximum atomic E-state index is 11.8. The van der Waals surface area contributed by atoms with Crippen molar-refractivity contribution in [2.24, 2.45) is 0 Å². The second-order valence-corrected chi connectivity index (χ2v) is 5.34. The van der Waals surface area contributed by atoms with Gasteiger partial charge < -0.3 is 9.15 Å². The molecule has 2 heterocycles. The Morgan fingerprint density at radius 2 is 2.39 bits per heavy atom. The van der Waals surface area contributed by atoms with Gasteiger partial charge in [-0.15, -0.1) is 21.5 Å². The van der Waals surface area contributed by atoms with Crippen LogP contribution in [-0.4, -0.2) is 16.2 Å². The minimum atomic E-state index is -0.315. The zero-order valence-corrected chi connectivity index (χ0v) is 10.7. The van der Waals surface area contributed by atoms with Crippen molar-refractivity contribution < 1.29 is 13.9 Å².